The van der Waals surface area contributed by atoms with Gasteiger partial charge >= 0.3 is 0 Å². The molecule has 0 aliphatic heterocycles. The fraction of sp³-hybridized carbons (Fsp3) is 0.211. The fourth-order valence-electron chi connectivity index (χ4n) is 2.47. The number of amides is 4. The average Bonchev–Trinajstić information content (AvgIpc) is 3.42. The van der Waals surface area contributed by atoms with Crippen LogP contribution in [0.25, 0.3) is 0 Å². The van der Waals surface area contributed by atoms with Gasteiger partial charge in [-0.15, -0.1) is 33.1 Å². The molecule has 0 radical (unpaired) electrons. The summed E-state index contributed by atoms with van der Waals surface area (Å²) in [5.74, 6) is -1.75. The number of rotatable bonds is 9. The van der Waals surface area contributed by atoms with E-state index in [2.05, 4.69) is 36.8 Å². The van der Waals surface area contributed by atoms with Crippen molar-refractivity contribution in [2.75, 3.05) is 22.4 Å². The van der Waals surface area contributed by atoms with E-state index in [1.54, 1.807) is 35.7 Å². The lowest BCUT2D eigenvalue weighted by Gasteiger charge is -2.11. The molecule has 0 spiro atoms. The van der Waals surface area contributed by atoms with Gasteiger partial charge in [-0.2, -0.15) is 0 Å². The van der Waals surface area contributed by atoms with Crippen LogP contribution in [-0.4, -0.2) is 55.1 Å². The van der Waals surface area contributed by atoms with Crippen LogP contribution in [0.2, 0.25) is 0 Å². The number of nitrogens with one attached hydrogen (secondary N) is 4. The minimum Gasteiger partial charge on any atom is -0.302 e. The van der Waals surface area contributed by atoms with Gasteiger partial charge < -0.3 is 5.32 Å². The zero-order valence-electron chi connectivity index (χ0n) is 17.7. The third kappa shape index (κ3) is 7.26. The summed E-state index contributed by atoms with van der Waals surface area (Å²) in [6.45, 7) is 1.39. The minimum atomic E-state index is -0.553. The summed E-state index contributed by atoms with van der Waals surface area (Å²) >= 11 is 7.62. The predicted molar refractivity (Wildman–Crippen MR) is 127 cm³/mol. The standard InChI is InChI=1S/C19H19ClN8O4S2/c1-11(29)21-18-22-13(9-33-18)7-14-23-26-19(34-10-16(31)25-24-15(30)8-20)28(14)27-17(32)12-5-3-2-4-6-12/h2-6,9H,7-8,10H2,1H3,(H,24,30)(H,25,31)(H,27,32)(H,21,22,29). The van der Waals surface area contributed by atoms with Gasteiger partial charge in [-0.3, -0.25) is 35.5 Å². The van der Waals surface area contributed by atoms with Gasteiger partial charge in [0.05, 0.1) is 17.9 Å². The molecule has 178 valence electrons. The number of anilines is 1. The molecule has 0 saturated carbocycles. The SMILES string of the molecule is CC(=O)Nc1nc(Cc2nnc(SCC(=O)NNC(=O)CCl)n2NC(=O)c2ccccc2)cs1. The lowest BCUT2D eigenvalue weighted by Crippen LogP contribution is -2.43. The molecular weight excluding hydrogens is 504 g/mol. The topological polar surface area (TPSA) is 160 Å². The van der Waals surface area contributed by atoms with E-state index in [4.69, 9.17) is 11.6 Å². The molecule has 4 N–H and O–H groups in total. The Morgan fingerprint density at radius 3 is 2.53 bits per heavy atom. The number of hydrazine groups is 1. The van der Waals surface area contributed by atoms with Crippen LogP contribution in [0.1, 0.15) is 28.8 Å². The Morgan fingerprint density at radius 2 is 1.82 bits per heavy atom. The maximum atomic E-state index is 12.7. The summed E-state index contributed by atoms with van der Waals surface area (Å²) in [6, 6.07) is 8.56. The minimum absolute atomic E-state index is 0.120. The number of nitrogens with zero attached hydrogens (tertiary/aromatic N) is 4. The molecule has 4 amide bonds. The number of thioether (sulfide) groups is 1. The van der Waals surface area contributed by atoms with E-state index in [1.807, 2.05) is 0 Å². The molecule has 2 aromatic heterocycles. The van der Waals surface area contributed by atoms with Crippen LogP contribution >= 0.6 is 34.7 Å². The fourth-order valence-corrected chi connectivity index (χ4v) is 4.01. The highest BCUT2D eigenvalue weighted by Crippen LogP contribution is 2.20. The van der Waals surface area contributed by atoms with E-state index in [0.29, 0.717) is 22.2 Å². The number of alkyl halides is 1. The number of hydrogen-bond acceptors (Lipinski definition) is 9. The Balaban J connectivity index is 1.76. The highest BCUT2D eigenvalue weighted by molar-refractivity contribution is 7.99. The highest BCUT2D eigenvalue weighted by atomic mass is 35.5. The molecule has 34 heavy (non-hydrogen) atoms. The highest BCUT2D eigenvalue weighted by Gasteiger charge is 2.19. The van der Waals surface area contributed by atoms with Gasteiger partial charge in [0.2, 0.25) is 17.0 Å². The second-order valence-corrected chi connectivity index (χ2v) is 8.63. The number of carbonyl (C=O) groups excluding carboxylic acids is 4. The Labute approximate surface area is 206 Å². The van der Waals surface area contributed by atoms with Crippen molar-refractivity contribution in [3.63, 3.8) is 0 Å². The van der Waals surface area contributed by atoms with Crippen molar-refractivity contribution < 1.29 is 19.2 Å². The van der Waals surface area contributed by atoms with Crippen LogP contribution in [0.5, 0.6) is 0 Å². The number of benzene rings is 1. The van der Waals surface area contributed by atoms with Crippen molar-refractivity contribution in [3.8, 4) is 0 Å². The van der Waals surface area contributed by atoms with Crippen LogP contribution in [0, 0.1) is 0 Å². The molecule has 15 heteroatoms. The Morgan fingerprint density at radius 1 is 1.09 bits per heavy atom. The van der Waals surface area contributed by atoms with E-state index in [-0.39, 0.29) is 29.1 Å². The van der Waals surface area contributed by atoms with E-state index < -0.39 is 17.7 Å². The predicted octanol–water partition coefficient (Wildman–Crippen LogP) is 1.15. The first kappa shape index (κ1) is 25.1. The number of aromatic nitrogens is 4. The van der Waals surface area contributed by atoms with Crippen molar-refractivity contribution in [2.45, 2.75) is 18.5 Å². The molecule has 1 aromatic carbocycles. The lowest BCUT2D eigenvalue weighted by molar-refractivity contribution is -0.126. The zero-order chi connectivity index (χ0) is 24.5. The molecule has 0 unspecified atom stereocenters. The molecule has 0 atom stereocenters. The molecule has 0 bridgehead atoms. The average molecular weight is 523 g/mol. The van der Waals surface area contributed by atoms with Crippen LogP contribution in [0.3, 0.4) is 0 Å². The third-order valence-electron chi connectivity index (χ3n) is 3.92. The maximum absolute atomic E-state index is 12.7. The molecule has 0 saturated heterocycles. The van der Waals surface area contributed by atoms with Gasteiger partial charge in [-0.05, 0) is 12.1 Å². The Kier molecular flexibility index (Phi) is 8.95. The van der Waals surface area contributed by atoms with Gasteiger partial charge in [0, 0.05) is 17.9 Å². The van der Waals surface area contributed by atoms with Crippen molar-refractivity contribution in [1.29, 1.82) is 0 Å². The second kappa shape index (κ2) is 12.1. The van der Waals surface area contributed by atoms with Crippen LogP contribution in [0.15, 0.2) is 40.9 Å². The smallest absolute Gasteiger partial charge is 0.270 e. The van der Waals surface area contributed by atoms with Crippen molar-refractivity contribution in [1.82, 2.24) is 30.7 Å². The van der Waals surface area contributed by atoms with Crippen LogP contribution in [0.4, 0.5) is 5.13 Å². The van der Waals surface area contributed by atoms with Crippen molar-refractivity contribution >= 4 is 63.5 Å². The lowest BCUT2D eigenvalue weighted by atomic mass is 10.2. The second-order valence-electron chi connectivity index (χ2n) is 6.56. The first-order chi connectivity index (χ1) is 16.4. The zero-order valence-corrected chi connectivity index (χ0v) is 20.1. The number of thiazole rings is 1. The molecule has 0 aliphatic rings. The van der Waals surface area contributed by atoms with Gasteiger partial charge in [0.15, 0.2) is 11.0 Å². The Bertz CT molecular complexity index is 1180. The third-order valence-corrected chi connectivity index (χ3v) is 5.90. The first-order valence-electron chi connectivity index (χ1n) is 9.65. The summed E-state index contributed by atoms with van der Waals surface area (Å²) in [5, 5.41) is 13.3. The number of carbonyl (C=O) groups is 4. The first-order valence-corrected chi connectivity index (χ1v) is 12.0. The summed E-state index contributed by atoms with van der Waals surface area (Å²) in [5.41, 5.74) is 8.14. The molecule has 0 aliphatic carbocycles. The van der Waals surface area contributed by atoms with E-state index in [0.717, 1.165) is 11.8 Å². The molecular formula is C19H19ClN8O4S2. The van der Waals surface area contributed by atoms with Crippen molar-refractivity contribution in [2.24, 2.45) is 0 Å². The molecule has 3 aromatic rings. The quantitative estimate of drug-likeness (QED) is 0.185. The number of hydrogen-bond donors (Lipinski definition) is 4. The van der Waals surface area contributed by atoms with Gasteiger partial charge in [-0.25, -0.2) is 9.66 Å². The Hall–Kier alpha value is -3.49. The molecule has 12 nitrogen and oxygen atoms in total. The summed E-state index contributed by atoms with van der Waals surface area (Å²) in [6.07, 6.45) is 0.205. The van der Waals surface area contributed by atoms with Gasteiger partial charge in [0.1, 0.15) is 5.88 Å². The van der Waals surface area contributed by atoms with Gasteiger partial charge in [0.25, 0.3) is 11.8 Å². The van der Waals surface area contributed by atoms with E-state index in [9.17, 15) is 19.2 Å². The molecule has 2 heterocycles. The van der Waals surface area contributed by atoms with E-state index in [1.165, 1.54) is 22.9 Å². The van der Waals surface area contributed by atoms with E-state index >= 15 is 0 Å². The summed E-state index contributed by atoms with van der Waals surface area (Å²) < 4.78 is 1.38. The van der Waals surface area contributed by atoms with Crippen LogP contribution < -0.4 is 21.6 Å². The van der Waals surface area contributed by atoms with Crippen molar-refractivity contribution in [3.05, 3.63) is 52.8 Å². The molecule has 3 rings (SSSR count). The van der Waals surface area contributed by atoms with Crippen LogP contribution in [-0.2, 0) is 20.8 Å². The monoisotopic (exact) mass is 522 g/mol. The van der Waals surface area contributed by atoms with Gasteiger partial charge in [-0.1, -0.05) is 30.0 Å². The molecule has 0 fully saturated rings. The maximum Gasteiger partial charge on any atom is 0.270 e. The number of halogens is 1. The summed E-state index contributed by atoms with van der Waals surface area (Å²) in [7, 11) is 0. The largest absolute Gasteiger partial charge is 0.302 e. The normalized spacial score (nSPS) is 10.4. The summed E-state index contributed by atoms with van der Waals surface area (Å²) in [4.78, 5) is 51.5.